The molecule has 0 radical (unpaired) electrons. The molecule has 3 bridgehead atoms. The molecule has 0 N–H and O–H groups in total. The fourth-order valence-corrected chi connectivity index (χ4v) is 3.85. The lowest BCUT2D eigenvalue weighted by Crippen LogP contribution is -2.11. The van der Waals surface area contributed by atoms with Gasteiger partial charge in [-0.25, -0.2) is 15.0 Å². The predicted molar refractivity (Wildman–Crippen MR) is 120 cm³/mol. The molecule has 0 aromatic heterocycles. The molecular formula is C23H21N3S. The zero-order valence-electron chi connectivity index (χ0n) is 15.4. The Morgan fingerprint density at radius 3 is 2.78 bits per heavy atom. The van der Waals surface area contributed by atoms with Crippen LogP contribution in [0.4, 0.5) is 0 Å². The summed E-state index contributed by atoms with van der Waals surface area (Å²) in [5.74, 6) is 0.500. The van der Waals surface area contributed by atoms with Gasteiger partial charge in [0, 0.05) is 16.7 Å². The van der Waals surface area contributed by atoms with Crippen LogP contribution in [0.15, 0.2) is 106 Å². The van der Waals surface area contributed by atoms with Gasteiger partial charge in [-0.15, -0.1) is 11.8 Å². The molecule has 27 heavy (non-hydrogen) atoms. The minimum absolute atomic E-state index is 0.178. The van der Waals surface area contributed by atoms with E-state index in [9.17, 15) is 0 Å². The number of nitrogens with zero attached hydrogens (tertiary/aromatic N) is 3. The van der Waals surface area contributed by atoms with Crippen molar-refractivity contribution in [3.63, 3.8) is 0 Å². The standard InChI is InChI=1S/C23H21N3S/c1-6-8-16(4)25-20(12-9-15(3)7-2)23-24-14-22-18-10-11-19(17(5)26-23)21(13-18)27-22/h6-14,22H,2-5H2,1H3/b8-6-,12-9-,24-14?,25-20?,26-23?. The van der Waals surface area contributed by atoms with Crippen LogP contribution in [0.25, 0.3) is 5.70 Å². The molecule has 134 valence electrons. The largest absolute Gasteiger partial charge is 0.246 e. The summed E-state index contributed by atoms with van der Waals surface area (Å²) in [6.45, 7) is 17.7. The molecule has 3 rings (SSSR count). The van der Waals surface area contributed by atoms with Gasteiger partial charge in [-0.1, -0.05) is 56.7 Å². The molecule has 2 aliphatic heterocycles. The fraction of sp³-hybridized carbons (Fsp3) is 0.0870. The molecule has 0 fully saturated rings. The first-order valence-electron chi connectivity index (χ1n) is 8.54. The molecule has 0 saturated carbocycles. The summed E-state index contributed by atoms with van der Waals surface area (Å²) in [4.78, 5) is 15.1. The maximum atomic E-state index is 4.68. The third-order valence-electron chi connectivity index (χ3n) is 4.04. The number of allylic oxidation sites excluding steroid dienone is 5. The van der Waals surface area contributed by atoms with E-state index in [1.54, 1.807) is 17.8 Å². The molecule has 0 aliphatic carbocycles. The lowest BCUT2D eigenvalue weighted by molar-refractivity contribution is 1.30. The van der Waals surface area contributed by atoms with E-state index >= 15 is 0 Å². The molecule has 2 heterocycles. The first-order chi connectivity index (χ1) is 13.0. The quantitative estimate of drug-likeness (QED) is 0.439. The summed E-state index contributed by atoms with van der Waals surface area (Å²) in [5, 5.41) is 0.178. The van der Waals surface area contributed by atoms with Crippen LogP contribution >= 0.6 is 11.8 Å². The molecular weight excluding hydrogens is 350 g/mol. The number of fused-ring (bicyclic) bond motifs is 3. The fourth-order valence-electron chi connectivity index (χ4n) is 2.65. The number of thioether (sulfide) groups is 1. The molecule has 1 unspecified atom stereocenters. The van der Waals surface area contributed by atoms with Gasteiger partial charge in [-0.3, -0.25) is 0 Å². The smallest absolute Gasteiger partial charge is 0.178 e. The summed E-state index contributed by atoms with van der Waals surface area (Å²) in [7, 11) is 0. The number of rotatable bonds is 6. The molecule has 1 aromatic rings. The Bertz CT molecular complexity index is 987. The molecule has 0 saturated heterocycles. The van der Waals surface area contributed by atoms with E-state index in [2.05, 4.69) is 59.5 Å². The SMILES string of the molecule is C=CC(=C)/C=C\C(=NC(=C)/C=C\C)C1=NC(=C)c2ccc3cc2SC3C=N1. The summed E-state index contributed by atoms with van der Waals surface area (Å²) in [6.07, 6.45) is 11.0. The topological polar surface area (TPSA) is 37.1 Å². The number of benzene rings is 1. The van der Waals surface area contributed by atoms with E-state index in [4.69, 9.17) is 0 Å². The predicted octanol–water partition coefficient (Wildman–Crippen LogP) is 6.12. The zero-order chi connectivity index (χ0) is 19.4. The highest BCUT2D eigenvalue weighted by atomic mass is 32.2. The van der Waals surface area contributed by atoms with Gasteiger partial charge in [-0.2, -0.15) is 0 Å². The van der Waals surface area contributed by atoms with Crippen LogP contribution < -0.4 is 0 Å². The van der Waals surface area contributed by atoms with Crippen LogP contribution in [-0.2, 0) is 0 Å². The highest BCUT2D eigenvalue weighted by molar-refractivity contribution is 8.00. The van der Waals surface area contributed by atoms with Gasteiger partial charge in [0.05, 0.1) is 16.6 Å². The van der Waals surface area contributed by atoms with Gasteiger partial charge in [0.1, 0.15) is 5.71 Å². The first-order valence-corrected chi connectivity index (χ1v) is 9.42. The highest BCUT2D eigenvalue weighted by Crippen LogP contribution is 2.46. The number of hydrogen-bond acceptors (Lipinski definition) is 4. The third kappa shape index (κ3) is 4.23. The van der Waals surface area contributed by atoms with Crippen LogP contribution in [0.1, 0.15) is 23.3 Å². The van der Waals surface area contributed by atoms with Crippen LogP contribution in [0.2, 0.25) is 0 Å². The Kier molecular flexibility index (Phi) is 5.67. The minimum atomic E-state index is 0.178. The summed E-state index contributed by atoms with van der Waals surface area (Å²) < 4.78 is 0. The van der Waals surface area contributed by atoms with Crippen molar-refractivity contribution in [2.75, 3.05) is 0 Å². The van der Waals surface area contributed by atoms with Crippen molar-refractivity contribution in [3.05, 3.63) is 97.3 Å². The Labute approximate surface area is 164 Å². The average Bonchev–Trinajstić information content (AvgIpc) is 3.00. The van der Waals surface area contributed by atoms with Crippen molar-refractivity contribution in [3.8, 4) is 0 Å². The second kappa shape index (κ2) is 8.14. The maximum Gasteiger partial charge on any atom is 0.178 e. The summed E-state index contributed by atoms with van der Waals surface area (Å²) in [6, 6.07) is 6.36. The normalized spacial score (nSPS) is 18.6. The van der Waals surface area contributed by atoms with E-state index in [1.807, 2.05) is 37.4 Å². The van der Waals surface area contributed by atoms with Crippen molar-refractivity contribution >= 4 is 35.2 Å². The molecule has 0 spiro atoms. The van der Waals surface area contributed by atoms with Gasteiger partial charge in [0.25, 0.3) is 0 Å². The Morgan fingerprint density at radius 1 is 1.22 bits per heavy atom. The van der Waals surface area contributed by atoms with Crippen LogP contribution in [0.3, 0.4) is 0 Å². The monoisotopic (exact) mass is 371 g/mol. The molecule has 1 atom stereocenters. The summed E-state index contributed by atoms with van der Waals surface area (Å²) in [5.41, 5.74) is 4.92. The van der Waals surface area contributed by atoms with E-state index in [0.29, 0.717) is 22.9 Å². The number of amidine groups is 1. The van der Waals surface area contributed by atoms with E-state index in [0.717, 1.165) is 11.1 Å². The Morgan fingerprint density at radius 2 is 2.04 bits per heavy atom. The van der Waals surface area contributed by atoms with Crippen molar-refractivity contribution in [2.24, 2.45) is 15.0 Å². The Hall–Kier alpha value is -2.98. The van der Waals surface area contributed by atoms with Crippen LogP contribution in [0, 0.1) is 0 Å². The average molecular weight is 372 g/mol. The second-order valence-electron chi connectivity index (χ2n) is 6.06. The van der Waals surface area contributed by atoms with E-state index in [-0.39, 0.29) is 5.25 Å². The van der Waals surface area contributed by atoms with Crippen molar-refractivity contribution < 1.29 is 0 Å². The van der Waals surface area contributed by atoms with Crippen molar-refractivity contribution in [1.82, 2.24) is 0 Å². The molecule has 4 heteroatoms. The maximum absolute atomic E-state index is 4.68. The minimum Gasteiger partial charge on any atom is -0.246 e. The molecule has 1 aromatic carbocycles. The van der Waals surface area contributed by atoms with Gasteiger partial charge >= 0.3 is 0 Å². The summed E-state index contributed by atoms with van der Waals surface area (Å²) >= 11 is 1.77. The van der Waals surface area contributed by atoms with E-state index < -0.39 is 0 Å². The number of aliphatic imine (C=N–C) groups is 3. The lowest BCUT2D eigenvalue weighted by Gasteiger charge is -2.07. The second-order valence-corrected chi connectivity index (χ2v) is 7.24. The van der Waals surface area contributed by atoms with Gasteiger partial charge in [0.2, 0.25) is 0 Å². The van der Waals surface area contributed by atoms with Gasteiger partial charge in [0.15, 0.2) is 5.84 Å². The van der Waals surface area contributed by atoms with Crippen molar-refractivity contribution in [1.29, 1.82) is 0 Å². The van der Waals surface area contributed by atoms with Gasteiger partial charge < -0.3 is 0 Å². The molecule has 2 aliphatic rings. The first kappa shape index (κ1) is 18.8. The molecule has 3 nitrogen and oxygen atoms in total. The van der Waals surface area contributed by atoms with Crippen LogP contribution in [0.5, 0.6) is 0 Å². The van der Waals surface area contributed by atoms with Crippen molar-refractivity contribution in [2.45, 2.75) is 17.1 Å². The molecule has 0 amide bonds. The Balaban J connectivity index is 2.07. The van der Waals surface area contributed by atoms with E-state index in [1.165, 1.54) is 10.5 Å². The third-order valence-corrected chi connectivity index (χ3v) is 5.28. The van der Waals surface area contributed by atoms with Crippen LogP contribution in [-0.4, -0.2) is 17.8 Å². The highest BCUT2D eigenvalue weighted by Gasteiger charge is 2.24. The van der Waals surface area contributed by atoms with Gasteiger partial charge in [-0.05, 0) is 36.3 Å². The zero-order valence-corrected chi connectivity index (χ0v) is 16.2. The lowest BCUT2D eigenvalue weighted by atomic mass is 10.1. The number of hydrogen-bond donors (Lipinski definition) is 0.